The van der Waals surface area contributed by atoms with Gasteiger partial charge in [0.25, 0.3) is 0 Å². The molecule has 3 N–H and O–H groups in total. The molecule has 3 aromatic carbocycles. The third kappa shape index (κ3) is 12.8. The molecule has 1 aromatic heterocycles. The van der Waals surface area contributed by atoms with Gasteiger partial charge in [0.15, 0.2) is 11.2 Å². The number of nitrogens with zero attached hydrogens (tertiary/aromatic N) is 2. The van der Waals surface area contributed by atoms with Gasteiger partial charge in [-0.15, -0.1) is 0 Å². The first-order valence-corrected chi connectivity index (χ1v) is 14.6. The van der Waals surface area contributed by atoms with Gasteiger partial charge in [-0.3, -0.25) is 0 Å². The minimum Gasteiger partial charge on any atom is -0.508 e. The third-order valence-corrected chi connectivity index (χ3v) is 6.25. The smallest absolute Gasteiger partial charge is 0.419 e. The fourth-order valence-electron chi connectivity index (χ4n) is 3.81. The van der Waals surface area contributed by atoms with Gasteiger partial charge >= 0.3 is 18.0 Å². The van der Waals surface area contributed by atoms with Crippen LogP contribution in [0.3, 0.4) is 0 Å². The zero-order valence-electron chi connectivity index (χ0n) is 27.8. The summed E-state index contributed by atoms with van der Waals surface area (Å²) in [6.07, 6.45) is 3.83. The number of imidazole rings is 1. The Labute approximate surface area is 279 Å². The number of aromatic hydroxyl groups is 1. The summed E-state index contributed by atoms with van der Waals surface area (Å²) in [5.41, 5.74) is 0.0498. The number of aliphatic hydroxyl groups is 2. The molecule has 0 saturated heterocycles. The quantitative estimate of drug-likeness (QED) is 0.156. The predicted octanol–water partition coefficient (Wildman–Crippen LogP) is 4.79. The average molecular weight is 667 g/mol. The Kier molecular flexibility index (Phi) is 15.1. The lowest BCUT2D eigenvalue weighted by Gasteiger charge is -2.23. The largest absolute Gasteiger partial charge is 0.508 e. The molecule has 13 heteroatoms. The number of hydrogen-bond donors (Lipinski definition) is 3. The van der Waals surface area contributed by atoms with Gasteiger partial charge in [-0.05, 0) is 80.8 Å². The summed E-state index contributed by atoms with van der Waals surface area (Å²) in [4.78, 5) is 38.5. The fraction of sp³-hybridized carbons (Fsp3) is 0.314. The first-order chi connectivity index (χ1) is 22.7. The number of aromatic nitrogens is 2. The van der Waals surface area contributed by atoms with Crippen molar-refractivity contribution < 1.29 is 53.4 Å². The normalized spacial score (nSPS) is 10.7. The highest BCUT2D eigenvalue weighted by Crippen LogP contribution is 2.22. The molecule has 0 unspecified atom stereocenters. The molecule has 0 aliphatic carbocycles. The van der Waals surface area contributed by atoms with Crippen LogP contribution in [0.5, 0.6) is 17.2 Å². The Bertz CT molecular complexity index is 1600. The van der Waals surface area contributed by atoms with E-state index in [4.69, 9.17) is 34.3 Å². The van der Waals surface area contributed by atoms with E-state index in [9.17, 15) is 14.4 Å². The Morgan fingerprint density at radius 3 is 1.65 bits per heavy atom. The number of aliphatic hydroxyl groups excluding tert-OH is 2. The number of phenols is 1. The van der Waals surface area contributed by atoms with Crippen molar-refractivity contribution in [2.24, 2.45) is 0 Å². The molecule has 13 nitrogen and oxygen atoms in total. The standard InChI is InChI=1S/C16H18N2O5.C12H16O4.C7H8O2/c1-16(2,14(19)21-3)23-13-6-4-5-12(9-13)10-22-15(20)18-8-7-17-11-18;1-12(2,11(14)15-3)16-10-6-4-5-9(7-10)8-13;8-5-6-2-1-3-7(9)4-6/h4-9,11H,10H2,1-3H3;4-7,13H,8H2,1-3H3;1-4,8-9H,5H2. The van der Waals surface area contributed by atoms with Crippen LogP contribution in [0.1, 0.15) is 44.4 Å². The summed E-state index contributed by atoms with van der Waals surface area (Å²) in [5.74, 6) is 0.288. The minimum absolute atomic E-state index is 0.0194. The van der Waals surface area contributed by atoms with E-state index < -0.39 is 29.2 Å². The Morgan fingerprint density at radius 2 is 1.21 bits per heavy atom. The molecule has 0 radical (unpaired) electrons. The van der Waals surface area contributed by atoms with Crippen molar-refractivity contribution in [1.29, 1.82) is 0 Å². The number of carbonyl (C=O) groups excluding carboxylic acids is 3. The lowest BCUT2D eigenvalue weighted by atomic mass is 10.1. The maximum absolute atomic E-state index is 11.7. The highest BCUT2D eigenvalue weighted by molar-refractivity contribution is 5.79. The van der Waals surface area contributed by atoms with Crippen LogP contribution in [0.15, 0.2) is 91.5 Å². The maximum Gasteiger partial charge on any atom is 0.419 e. The van der Waals surface area contributed by atoms with Gasteiger partial charge in [-0.2, -0.15) is 0 Å². The third-order valence-electron chi connectivity index (χ3n) is 6.25. The molecular formula is C35H42N2O11. The minimum atomic E-state index is -1.11. The van der Waals surface area contributed by atoms with Crippen molar-refractivity contribution in [2.75, 3.05) is 14.2 Å². The van der Waals surface area contributed by atoms with E-state index in [1.165, 1.54) is 43.6 Å². The molecule has 0 amide bonds. The van der Waals surface area contributed by atoms with Gasteiger partial charge in [0.05, 0.1) is 27.4 Å². The van der Waals surface area contributed by atoms with E-state index in [-0.39, 0.29) is 25.6 Å². The van der Waals surface area contributed by atoms with Crippen LogP contribution in [0.4, 0.5) is 4.79 Å². The Morgan fingerprint density at radius 1 is 0.729 bits per heavy atom. The van der Waals surface area contributed by atoms with Gasteiger partial charge in [-0.1, -0.05) is 36.4 Å². The first kappa shape index (κ1) is 38.8. The second-order valence-corrected chi connectivity index (χ2v) is 11.0. The van der Waals surface area contributed by atoms with Gasteiger partial charge in [0, 0.05) is 12.4 Å². The topological polar surface area (TPSA) is 176 Å². The molecule has 0 aliphatic heterocycles. The molecule has 0 spiro atoms. The lowest BCUT2D eigenvalue weighted by molar-refractivity contribution is -0.156. The van der Waals surface area contributed by atoms with Crippen LogP contribution in [-0.2, 0) is 43.6 Å². The van der Waals surface area contributed by atoms with E-state index in [0.717, 1.165) is 16.7 Å². The summed E-state index contributed by atoms with van der Waals surface area (Å²) < 4.78 is 26.9. The van der Waals surface area contributed by atoms with Crippen LogP contribution in [-0.4, -0.2) is 68.3 Å². The summed E-state index contributed by atoms with van der Waals surface area (Å²) in [6, 6.07) is 20.4. The average Bonchev–Trinajstić information content (AvgIpc) is 3.62. The second-order valence-electron chi connectivity index (χ2n) is 11.0. The molecule has 4 rings (SSSR count). The van der Waals surface area contributed by atoms with E-state index in [1.807, 2.05) is 0 Å². The van der Waals surface area contributed by atoms with Crippen LogP contribution in [0.25, 0.3) is 0 Å². The number of ether oxygens (including phenoxy) is 5. The van der Waals surface area contributed by atoms with Crippen LogP contribution in [0, 0.1) is 0 Å². The van der Waals surface area contributed by atoms with Gasteiger partial charge in [0.2, 0.25) is 0 Å². The Balaban J connectivity index is 0.000000276. The van der Waals surface area contributed by atoms with Crippen molar-refractivity contribution in [3.8, 4) is 17.2 Å². The highest BCUT2D eigenvalue weighted by atomic mass is 16.6. The van der Waals surface area contributed by atoms with Crippen molar-refractivity contribution in [3.63, 3.8) is 0 Å². The molecule has 0 aliphatic rings. The Hall–Kier alpha value is -5.40. The molecule has 258 valence electrons. The summed E-state index contributed by atoms with van der Waals surface area (Å²) in [5, 5.41) is 26.4. The van der Waals surface area contributed by atoms with Gasteiger partial charge < -0.3 is 39.0 Å². The van der Waals surface area contributed by atoms with E-state index in [2.05, 4.69) is 9.72 Å². The zero-order chi connectivity index (χ0) is 35.7. The number of methoxy groups -OCH3 is 2. The van der Waals surface area contributed by atoms with Crippen molar-refractivity contribution in [1.82, 2.24) is 9.55 Å². The van der Waals surface area contributed by atoms with E-state index in [1.54, 1.807) is 94.4 Å². The number of phenolic OH excluding ortho intramolecular Hbond substituents is 1. The SMILES string of the molecule is COC(=O)C(C)(C)Oc1cccc(CO)c1.COC(=O)C(C)(C)Oc1cccc(COC(=O)n2ccnc2)c1.OCc1cccc(O)c1. The number of benzene rings is 3. The fourth-order valence-corrected chi connectivity index (χ4v) is 3.81. The number of rotatable bonds is 10. The molecule has 4 aromatic rings. The van der Waals surface area contributed by atoms with Crippen LogP contribution in [0.2, 0.25) is 0 Å². The maximum atomic E-state index is 11.7. The van der Waals surface area contributed by atoms with Crippen LogP contribution >= 0.6 is 0 Å². The van der Waals surface area contributed by atoms with E-state index >= 15 is 0 Å². The molecule has 1 heterocycles. The van der Waals surface area contributed by atoms with Crippen molar-refractivity contribution >= 4 is 18.0 Å². The van der Waals surface area contributed by atoms with Crippen molar-refractivity contribution in [2.45, 2.75) is 58.7 Å². The van der Waals surface area contributed by atoms with E-state index in [0.29, 0.717) is 11.5 Å². The molecular weight excluding hydrogens is 624 g/mol. The molecule has 0 bridgehead atoms. The van der Waals surface area contributed by atoms with Gasteiger partial charge in [-0.25, -0.2) is 23.9 Å². The second kappa shape index (κ2) is 18.7. The zero-order valence-corrected chi connectivity index (χ0v) is 27.8. The molecule has 0 fully saturated rings. The predicted molar refractivity (Wildman–Crippen MR) is 174 cm³/mol. The highest BCUT2D eigenvalue weighted by Gasteiger charge is 2.32. The van der Waals surface area contributed by atoms with Gasteiger partial charge in [0.1, 0.15) is 30.2 Å². The molecule has 0 atom stereocenters. The summed E-state index contributed by atoms with van der Waals surface area (Å²) in [6.45, 7) is 6.49. The molecule has 0 saturated carbocycles. The number of esters is 2. The lowest BCUT2D eigenvalue weighted by Crippen LogP contribution is -2.39. The first-order valence-electron chi connectivity index (χ1n) is 14.6. The summed E-state index contributed by atoms with van der Waals surface area (Å²) in [7, 11) is 2.62. The van der Waals surface area contributed by atoms with Crippen LogP contribution < -0.4 is 9.47 Å². The monoisotopic (exact) mass is 666 g/mol. The summed E-state index contributed by atoms with van der Waals surface area (Å²) >= 11 is 0. The van der Waals surface area contributed by atoms with Crippen molar-refractivity contribution in [3.05, 3.63) is 108 Å². The number of carbonyl (C=O) groups is 3. The molecule has 48 heavy (non-hydrogen) atoms. The number of hydrogen-bond acceptors (Lipinski definition) is 12.